The van der Waals surface area contributed by atoms with E-state index in [0.717, 1.165) is 7.11 Å². The van der Waals surface area contributed by atoms with E-state index < -0.39 is 30.1 Å². The van der Waals surface area contributed by atoms with E-state index in [1.54, 1.807) is 0 Å². The summed E-state index contributed by atoms with van der Waals surface area (Å²) in [4.78, 5) is 33.7. The summed E-state index contributed by atoms with van der Waals surface area (Å²) in [6.07, 6.45) is -1.03. The van der Waals surface area contributed by atoms with E-state index in [1.165, 1.54) is 13.8 Å². The van der Waals surface area contributed by atoms with E-state index in [2.05, 4.69) is 4.74 Å². The van der Waals surface area contributed by atoms with Gasteiger partial charge in [-0.15, -0.1) is 0 Å². The molecule has 0 radical (unpaired) electrons. The smallest absolute Gasteiger partial charge is 0.417 e. The second kappa shape index (κ2) is 5.30. The zero-order valence-electron chi connectivity index (χ0n) is 8.76. The van der Waals surface area contributed by atoms with E-state index in [9.17, 15) is 14.4 Å². The molecule has 0 saturated carbocycles. The van der Waals surface area contributed by atoms with Gasteiger partial charge in [0, 0.05) is 0 Å². The van der Waals surface area contributed by atoms with Gasteiger partial charge in [0.05, 0.1) is 13.2 Å². The molecule has 3 N–H and O–H groups in total. The van der Waals surface area contributed by atoms with Crippen LogP contribution in [0.1, 0.15) is 13.8 Å². The first-order valence-electron chi connectivity index (χ1n) is 4.22. The van der Waals surface area contributed by atoms with E-state index in [1.807, 2.05) is 0 Å². The van der Waals surface area contributed by atoms with Crippen molar-refractivity contribution in [3.8, 4) is 0 Å². The number of carboxylic acid groups (broad SMARTS) is 1. The molecule has 86 valence electrons. The molecule has 2 unspecified atom stereocenters. The fourth-order valence-corrected chi connectivity index (χ4v) is 0.867. The Balaban J connectivity index is 4.97. The molecule has 0 aliphatic carbocycles. The maximum absolute atomic E-state index is 11.4. The lowest BCUT2D eigenvalue weighted by molar-refractivity contribution is -0.148. The molecule has 0 aromatic heterocycles. The molecular formula is C8H14N2O5. The van der Waals surface area contributed by atoms with Gasteiger partial charge < -0.3 is 15.6 Å². The van der Waals surface area contributed by atoms with Gasteiger partial charge in [0.25, 0.3) is 0 Å². The lowest BCUT2D eigenvalue weighted by Gasteiger charge is -2.24. The van der Waals surface area contributed by atoms with Crippen LogP contribution >= 0.6 is 0 Å². The molecule has 2 amide bonds. The number of methoxy groups -OCH3 is 1. The standard InChI is InChI=1S/C8H14N2O5/c1-4(9)6(11)10(8(14)15-3)5(2)7(12)13/h4-5H,9H2,1-3H3,(H,12,13). The monoisotopic (exact) mass is 218 g/mol. The summed E-state index contributed by atoms with van der Waals surface area (Å²) in [5, 5.41) is 8.69. The number of amides is 2. The Hall–Kier alpha value is -1.63. The van der Waals surface area contributed by atoms with Crippen LogP contribution in [0.2, 0.25) is 0 Å². The van der Waals surface area contributed by atoms with Gasteiger partial charge in [-0.25, -0.2) is 14.5 Å². The summed E-state index contributed by atoms with van der Waals surface area (Å²) in [7, 11) is 1.05. The lowest BCUT2D eigenvalue weighted by atomic mass is 10.2. The summed E-state index contributed by atoms with van der Waals surface area (Å²) >= 11 is 0. The Labute approximate surface area is 86.8 Å². The first kappa shape index (κ1) is 13.4. The molecule has 7 heteroatoms. The minimum atomic E-state index is -1.31. The molecule has 7 nitrogen and oxygen atoms in total. The number of imide groups is 1. The molecule has 0 heterocycles. The van der Waals surface area contributed by atoms with Crippen LogP contribution in [-0.2, 0) is 14.3 Å². The summed E-state index contributed by atoms with van der Waals surface area (Å²) in [5.41, 5.74) is 5.28. The van der Waals surface area contributed by atoms with Crippen molar-refractivity contribution in [3.05, 3.63) is 0 Å². The Morgan fingerprint density at radius 1 is 1.33 bits per heavy atom. The molecule has 15 heavy (non-hydrogen) atoms. The number of nitrogens with zero attached hydrogens (tertiary/aromatic N) is 1. The molecule has 0 aromatic rings. The minimum Gasteiger partial charge on any atom is -0.480 e. The van der Waals surface area contributed by atoms with Crippen molar-refractivity contribution in [3.63, 3.8) is 0 Å². The third kappa shape index (κ3) is 3.21. The van der Waals surface area contributed by atoms with Crippen molar-refractivity contribution in [2.75, 3.05) is 7.11 Å². The van der Waals surface area contributed by atoms with Crippen LogP contribution in [0.4, 0.5) is 4.79 Å². The van der Waals surface area contributed by atoms with Crippen LogP contribution in [0, 0.1) is 0 Å². The molecule has 0 rings (SSSR count). The van der Waals surface area contributed by atoms with E-state index in [-0.39, 0.29) is 0 Å². The summed E-state index contributed by atoms with van der Waals surface area (Å²) in [6.45, 7) is 2.55. The lowest BCUT2D eigenvalue weighted by Crippen LogP contribution is -2.52. The van der Waals surface area contributed by atoms with Crippen LogP contribution in [0.25, 0.3) is 0 Å². The molecule has 0 spiro atoms. The second-order valence-corrected chi connectivity index (χ2v) is 2.98. The first-order chi connectivity index (χ1) is 6.82. The Morgan fingerprint density at radius 3 is 2.07 bits per heavy atom. The quantitative estimate of drug-likeness (QED) is 0.654. The van der Waals surface area contributed by atoms with E-state index in [0.29, 0.717) is 4.90 Å². The van der Waals surface area contributed by atoms with Crippen LogP contribution in [-0.4, -0.2) is 47.2 Å². The van der Waals surface area contributed by atoms with Gasteiger partial charge >= 0.3 is 12.1 Å². The topological polar surface area (TPSA) is 110 Å². The highest BCUT2D eigenvalue weighted by Gasteiger charge is 2.33. The number of carbonyl (C=O) groups is 3. The van der Waals surface area contributed by atoms with Gasteiger partial charge in [0.15, 0.2) is 0 Å². The van der Waals surface area contributed by atoms with Crippen LogP contribution in [0.5, 0.6) is 0 Å². The molecule has 0 aliphatic heterocycles. The number of rotatable bonds is 3. The molecule has 0 fully saturated rings. The Morgan fingerprint density at radius 2 is 1.80 bits per heavy atom. The zero-order valence-corrected chi connectivity index (χ0v) is 8.76. The zero-order chi connectivity index (χ0) is 12.2. The van der Waals surface area contributed by atoms with Gasteiger partial charge in [0.1, 0.15) is 6.04 Å². The maximum atomic E-state index is 11.4. The Bertz CT molecular complexity index is 276. The van der Waals surface area contributed by atoms with Crippen molar-refractivity contribution >= 4 is 18.0 Å². The van der Waals surface area contributed by atoms with Gasteiger partial charge in [-0.1, -0.05) is 0 Å². The number of ether oxygens (including phenoxy) is 1. The summed E-state index contributed by atoms with van der Waals surface area (Å²) in [5.74, 6) is -2.11. The van der Waals surface area contributed by atoms with Crippen LogP contribution < -0.4 is 5.73 Å². The van der Waals surface area contributed by atoms with Gasteiger partial charge in [-0.2, -0.15) is 0 Å². The van der Waals surface area contributed by atoms with Crippen molar-refractivity contribution in [1.82, 2.24) is 4.90 Å². The summed E-state index contributed by atoms with van der Waals surface area (Å²) in [6, 6.07) is -2.28. The molecular weight excluding hydrogens is 204 g/mol. The highest BCUT2D eigenvalue weighted by atomic mass is 16.5. The Kier molecular flexibility index (Phi) is 4.72. The highest BCUT2D eigenvalue weighted by Crippen LogP contribution is 2.04. The number of hydrogen-bond donors (Lipinski definition) is 2. The second-order valence-electron chi connectivity index (χ2n) is 2.98. The molecule has 0 bridgehead atoms. The summed E-state index contributed by atoms with van der Waals surface area (Å²) < 4.78 is 4.30. The fourth-order valence-electron chi connectivity index (χ4n) is 0.867. The number of aliphatic carboxylic acids is 1. The SMILES string of the molecule is COC(=O)N(C(=O)C(C)N)C(C)C(=O)O. The first-order valence-corrected chi connectivity index (χ1v) is 4.22. The largest absolute Gasteiger partial charge is 0.480 e. The highest BCUT2D eigenvalue weighted by molar-refractivity contribution is 5.98. The molecule has 0 saturated heterocycles. The van der Waals surface area contributed by atoms with E-state index >= 15 is 0 Å². The number of carboxylic acids is 1. The average Bonchev–Trinajstić information content (AvgIpc) is 2.16. The normalized spacial score (nSPS) is 13.9. The predicted octanol–water partition coefficient (Wildman–Crippen LogP) is -0.598. The number of hydrogen-bond acceptors (Lipinski definition) is 5. The van der Waals surface area contributed by atoms with Crippen LogP contribution in [0.3, 0.4) is 0 Å². The molecule has 0 aliphatic rings. The minimum absolute atomic E-state index is 0.479. The average molecular weight is 218 g/mol. The van der Waals surface area contributed by atoms with Crippen LogP contribution in [0.15, 0.2) is 0 Å². The van der Waals surface area contributed by atoms with E-state index in [4.69, 9.17) is 10.8 Å². The third-order valence-corrected chi connectivity index (χ3v) is 1.74. The predicted molar refractivity (Wildman–Crippen MR) is 50.0 cm³/mol. The van der Waals surface area contributed by atoms with Gasteiger partial charge in [-0.05, 0) is 13.8 Å². The van der Waals surface area contributed by atoms with Crippen molar-refractivity contribution in [2.24, 2.45) is 5.73 Å². The molecule has 2 atom stereocenters. The van der Waals surface area contributed by atoms with Gasteiger partial charge in [0.2, 0.25) is 5.91 Å². The maximum Gasteiger partial charge on any atom is 0.417 e. The number of nitrogens with two attached hydrogens (primary N) is 1. The molecule has 0 aromatic carbocycles. The third-order valence-electron chi connectivity index (χ3n) is 1.74. The van der Waals surface area contributed by atoms with Crippen molar-refractivity contribution < 1.29 is 24.2 Å². The van der Waals surface area contributed by atoms with Crippen molar-refractivity contribution in [1.29, 1.82) is 0 Å². The fraction of sp³-hybridized carbons (Fsp3) is 0.625. The number of carbonyl (C=O) groups excluding carboxylic acids is 2. The van der Waals surface area contributed by atoms with Crippen molar-refractivity contribution in [2.45, 2.75) is 25.9 Å². The van der Waals surface area contributed by atoms with Gasteiger partial charge in [-0.3, -0.25) is 4.79 Å².